The van der Waals surface area contributed by atoms with Crippen molar-refractivity contribution in [3.05, 3.63) is 35.9 Å². The Morgan fingerprint density at radius 3 is 1.73 bits per heavy atom. The monoisotopic (exact) mass is 356 g/mol. The largest absolute Gasteiger partial charge is 2.00 e. The Balaban J connectivity index is -0.000000480. The number of hydrogen-bond donors (Lipinski definition) is 0. The molecule has 0 aromatic heterocycles. The molecule has 0 fully saturated rings. The smallest absolute Gasteiger partial charge is 1.00 e. The topological polar surface area (TPSA) is 0 Å². The predicted octanol–water partition coefficient (Wildman–Crippen LogP) is -3.02. The third-order valence-electron chi connectivity index (χ3n) is 1.79. The third-order valence-corrected chi connectivity index (χ3v) is 1.79. The van der Waals surface area contributed by atoms with Crippen LogP contribution in [0.2, 0.25) is 0 Å². The number of benzene rings is 1. The number of rotatable bonds is 1. The number of halogens is 5. The van der Waals surface area contributed by atoms with E-state index < -0.39 is 12.1 Å². The average molecular weight is 358 g/mol. The molecule has 0 amide bonds. The molecular formula is C9H9Br2F3Mg. The van der Waals surface area contributed by atoms with Gasteiger partial charge in [-0.05, 0) is 12.5 Å². The second-order valence-corrected chi connectivity index (χ2v) is 2.67. The minimum Gasteiger partial charge on any atom is -1.00 e. The van der Waals surface area contributed by atoms with Crippen molar-refractivity contribution in [1.82, 2.24) is 0 Å². The van der Waals surface area contributed by atoms with Gasteiger partial charge in [-0.2, -0.15) is 13.2 Å². The van der Waals surface area contributed by atoms with E-state index in [9.17, 15) is 13.2 Å². The summed E-state index contributed by atoms with van der Waals surface area (Å²) < 4.78 is 36.4. The molecule has 0 aliphatic heterocycles. The normalized spacial score (nSPS) is 11.5. The fourth-order valence-electron chi connectivity index (χ4n) is 0.931. The van der Waals surface area contributed by atoms with E-state index in [-0.39, 0.29) is 57.0 Å². The summed E-state index contributed by atoms with van der Waals surface area (Å²) in [5.41, 5.74) is 0.310. The van der Waals surface area contributed by atoms with Crippen molar-refractivity contribution < 1.29 is 47.1 Å². The van der Waals surface area contributed by atoms with Gasteiger partial charge in [-0.3, -0.25) is 0 Å². The molecule has 0 bridgehead atoms. The van der Waals surface area contributed by atoms with Gasteiger partial charge in [0.25, 0.3) is 0 Å². The van der Waals surface area contributed by atoms with E-state index in [1.807, 2.05) is 0 Å². The molecule has 0 aliphatic rings. The van der Waals surface area contributed by atoms with Crippen molar-refractivity contribution in [2.24, 2.45) is 0 Å². The molecule has 1 atom stereocenters. The van der Waals surface area contributed by atoms with Crippen molar-refractivity contribution in [2.75, 3.05) is 0 Å². The average Bonchev–Trinajstić information content (AvgIpc) is 2.03. The van der Waals surface area contributed by atoms with Crippen LogP contribution in [0.3, 0.4) is 0 Å². The van der Waals surface area contributed by atoms with Gasteiger partial charge in [0.1, 0.15) is 0 Å². The fourth-order valence-corrected chi connectivity index (χ4v) is 0.931. The maximum atomic E-state index is 12.1. The van der Waals surface area contributed by atoms with Gasteiger partial charge in [0, 0.05) is 0 Å². The fraction of sp³-hybridized carbons (Fsp3) is 0.333. The molecule has 0 saturated heterocycles. The Bertz CT molecular complexity index is 251. The summed E-state index contributed by atoms with van der Waals surface area (Å²) >= 11 is 0. The quantitative estimate of drug-likeness (QED) is 0.469. The summed E-state index contributed by atoms with van der Waals surface area (Å²) in [6.07, 6.45) is -4.14. The molecule has 1 aromatic rings. The Labute approximate surface area is 124 Å². The molecular weight excluding hydrogens is 349 g/mol. The van der Waals surface area contributed by atoms with Crippen LogP contribution in [0, 0.1) is 0 Å². The number of hydrogen-bond acceptors (Lipinski definition) is 0. The minimum absolute atomic E-state index is 0. The van der Waals surface area contributed by atoms with Gasteiger partial charge in [0.05, 0.1) is 5.92 Å². The molecule has 1 aromatic carbocycles. The Kier molecular flexibility index (Phi) is 12.4. The maximum Gasteiger partial charge on any atom is 2.00 e. The summed E-state index contributed by atoms with van der Waals surface area (Å²) in [4.78, 5) is 0. The van der Waals surface area contributed by atoms with E-state index in [0.717, 1.165) is 6.92 Å². The molecule has 15 heavy (non-hydrogen) atoms. The molecule has 0 saturated carbocycles. The van der Waals surface area contributed by atoms with Crippen molar-refractivity contribution in [3.8, 4) is 0 Å². The summed E-state index contributed by atoms with van der Waals surface area (Å²) in [7, 11) is 0. The molecule has 0 spiro atoms. The van der Waals surface area contributed by atoms with E-state index in [4.69, 9.17) is 0 Å². The third kappa shape index (κ3) is 6.81. The number of alkyl halides is 3. The van der Waals surface area contributed by atoms with Crippen LogP contribution in [-0.2, 0) is 0 Å². The molecule has 0 nitrogen and oxygen atoms in total. The van der Waals surface area contributed by atoms with Crippen LogP contribution in [-0.4, -0.2) is 29.2 Å². The molecule has 0 radical (unpaired) electrons. The SMILES string of the molecule is CC(c1ccccc1)C(F)(F)F.[Br-].[Br-].[Mg+2]. The van der Waals surface area contributed by atoms with Crippen LogP contribution in [0.25, 0.3) is 0 Å². The Hall–Kier alpha value is 0.736. The summed E-state index contributed by atoms with van der Waals surface area (Å²) in [6.45, 7) is 1.16. The molecule has 6 heteroatoms. The van der Waals surface area contributed by atoms with Gasteiger partial charge >= 0.3 is 29.2 Å². The molecule has 0 N–H and O–H groups in total. The standard InChI is InChI=1S/C9H9F3.2BrH.Mg/c1-7(9(10,11)12)8-5-3-2-4-6-8;;;/h2-7H,1H3;2*1H;/q;;;+2/p-2. The van der Waals surface area contributed by atoms with Crippen LogP contribution < -0.4 is 34.0 Å². The van der Waals surface area contributed by atoms with E-state index in [1.165, 1.54) is 12.1 Å². The van der Waals surface area contributed by atoms with E-state index >= 15 is 0 Å². The molecule has 1 rings (SSSR count). The van der Waals surface area contributed by atoms with Gasteiger partial charge in [-0.1, -0.05) is 30.3 Å². The van der Waals surface area contributed by atoms with Gasteiger partial charge in [0.2, 0.25) is 0 Å². The molecule has 0 aliphatic carbocycles. The molecule has 1 unspecified atom stereocenters. The van der Waals surface area contributed by atoms with E-state index in [2.05, 4.69) is 0 Å². The van der Waals surface area contributed by atoms with Gasteiger partial charge in [0.15, 0.2) is 0 Å². The Morgan fingerprint density at radius 2 is 1.40 bits per heavy atom. The van der Waals surface area contributed by atoms with Crippen LogP contribution in [0.1, 0.15) is 18.4 Å². The first kappa shape index (κ1) is 21.1. The van der Waals surface area contributed by atoms with Gasteiger partial charge in [-0.15, -0.1) is 0 Å². The van der Waals surface area contributed by atoms with Gasteiger partial charge < -0.3 is 34.0 Å². The first-order valence-electron chi connectivity index (χ1n) is 3.63. The summed E-state index contributed by atoms with van der Waals surface area (Å²) in [5.74, 6) is -1.38. The maximum absolute atomic E-state index is 12.1. The van der Waals surface area contributed by atoms with E-state index in [0.29, 0.717) is 5.56 Å². The zero-order valence-electron chi connectivity index (χ0n) is 8.06. The Morgan fingerprint density at radius 1 is 1.00 bits per heavy atom. The zero-order chi connectivity index (χ0) is 9.19. The van der Waals surface area contributed by atoms with Crippen molar-refractivity contribution in [2.45, 2.75) is 19.0 Å². The van der Waals surface area contributed by atoms with Crippen molar-refractivity contribution >= 4 is 23.1 Å². The van der Waals surface area contributed by atoms with Crippen LogP contribution >= 0.6 is 0 Å². The second-order valence-electron chi connectivity index (χ2n) is 2.67. The summed E-state index contributed by atoms with van der Waals surface area (Å²) in [5, 5.41) is 0. The molecule has 0 heterocycles. The predicted molar refractivity (Wildman–Crippen MR) is 46.7 cm³/mol. The van der Waals surface area contributed by atoms with Crippen molar-refractivity contribution in [1.29, 1.82) is 0 Å². The molecule has 82 valence electrons. The first-order valence-corrected chi connectivity index (χ1v) is 3.63. The van der Waals surface area contributed by atoms with Crippen LogP contribution in [0.15, 0.2) is 30.3 Å². The van der Waals surface area contributed by atoms with Crippen molar-refractivity contribution in [3.63, 3.8) is 0 Å². The van der Waals surface area contributed by atoms with Crippen LogP contribution in [0.5, 0.6) is 0 Å². The van der Waals surface area contributed by atoms with Crippen LogP contribution in [0.4, 0.5) is 13.2 Å². The van der Waals surface area contributed by atoms with Gasteiger partial charge in [-0.25, -0.2) is 0 Å². The minimum atomic E-state index is -4.14. The first-order chi connectivity index (χ1) is 5.52. The summed E-state index contributed by atoms with van der Waals surface area (Å²) in [6, 6.07) is 7.89. The van der Waals surface area contributed by atoms with E-state index in [1.54, 1.807) is 18.2 Å². The zero-order valence-corrected chi connectivity index (χ0v) is 12.6. The second kappa shape index (κ2) is 8.84.